The van der Waals surface area contributed by atoms with Crippen LogP contribution in [0, 0.1) is 0 Å². The second-order valence-corrected chi connectivity index (χ2v) is 11.0. The number of carbonyl (C=O) groups is 1. The Morgan fingerprint density at radius 1 is 0.903 bits per heavy atom. The summed E-state index contributed by atoms with van der Waals surface area (Å²) in [4.78, 5) is 15.3. The highest BCUT2D eigenvalue weighted by Crippen LogP contribution is 2.30. The molecule has 1 aliphatic rings. The monoisotopic (exact) mass is 494 g/mol. The van der Waals surface area contributed by atoms with E-state index in [-0.39, 0.29) is 29.6 Å². The van der Waals surface area contributed by atoms with Crippen molar-refractivity contribution < 1.29 is 13.2 Å². The molecule has 1 heterocycles. The first-order valence-corrected chi connectivity index (χ1v) is 12.9. The van der Waals surface area contributed by atoms with Crippen molar-refractivity contribution in [2.24, 2.45) is 0 Å². The number of benzene rings is 3. The SMILES string of the molecule is O=C(CSc1cc(Cl)ccc1Cl)N1CCN(S(=O)(=O)c2ccc3ccccc3c2)CC1. The van der Waals surface area contributed by atoms with Gasteiger partial charge in [0.2, 0.25) is 15.9 Å². The molecule has 0 N–H and O–H groups in total. The number of piperazine rings is 1. The Kier molecular flexibility index (Phi) is 6.79. The van der Waals surface area contributed by atoms with E-state index in [4.69, 9.17) is 23.2 Å². The Bertz CT molecular complexity index is 1230. The molecule has 9 heteroatoms. The number of thioether (sulfide) groups is 1. The van der Waals surface area contributed by atoms with Crippen molar-refractivity contribution in [3.05, 3.63) is 70.7 Å². The number of amides is 1. The lowest BCUT2D eigenvalue weighted by Gasteiger charge is -2.34. The van der Waals surface area contributed by atoms with E-state index in [9.17, 15) is 13.2 Å². The molecule has 1 saturated heterocycles. The molecule has 3 aromatic rings. The maximum absolute atomic E-state index is 13.1. The van der Waals surface area contributed by atoms with Crippen LogP contribution in [0.15, 0.2) is 70.5 Å². The van der Waals surface area contributed by atoms with Crippen molar-refractivity contribution >= 4 is 61.7 Å². The maximum Gasteiger partial charge on any atom is 0.243 e. The molecule has 1 aliphatic heterocycles. The largest absolute Gasteiger partial charge is 0.339 e. The Balaban J connectivity index is 1.38. The Morgan fingerprint density at radius 3 is 2.35 bits per heavy atom. The van der Waals surface area contributed by atoms with E-state index in [2.05, 4.69) is 0 Å². The molecule has 1 fully saturated rings. The van der Waals surface area contributed by atoms with Gasteiger partial charge >= 0.3 is 0 Å². The normalized spacial score (nSPS) is 15.4. The zero-order valence-corrected chi connectivity index (χ0v) is 19.6. The van der Waals surface area contributed by atoms with Gasteiger partial charge in [-0.25, -0.2) is 8.42 Å². The van der Waals surface area contributed by atoms with E-state index in [1.54, 1.807) is 35.2 Å². The van der Waals surface area contributed by atoms with Crippen molar-refractivity contribution in [2.45, 2.75) is 9.79 Å². The number of carbonyl (C=O) groups excluding carboxylic acids is 1. The number of hydrogen-bond donors (Lipinski definition) is 0. The molecule has 1 amide bonds. The van der Waals surface area contributed by atoms with Gasteiger partial charge in [0.05, 0.1) is 15.7 Å². The minimum atomic E-state index is -3.61. The fourth-order valence-corrected chi connectivity index (χ4v) is 6.33. The minimum absolute atomic E-state index is 0.0520. The van der Waals surface area contributed by atoms with Gasteiger partial charge in [0, 0.05) is 36.1 Å². The third-order valence-corrected chi connectivity index (χ3v) is 8.81. The number of nitrogens with zero attached hydrogens (tertiary/aromatic N) is 2. The highest BCUT2D eigenvalue weighted by Gasteiger charge is 2.30. The molecule has 0 saturated carbocycles. The van der Waals surface area contributed by atoms with Crippen molar-refractivity contribution in [3.63, 3.8) is 0 Å². The molecule has 31 heavy (non-hydrogen) atoms. The highest BCUT2D eigenvalue weighted by atomic mass is 35.5. The van der Waals surface area contributed by atoms with Crippen molar-refractivity contribution in [3.8, 4) is 0 Å². The van der Waals surface area contributed by atoms with E-state index in [1.807, 2.05) is 30.3 Å². The van der Waals surface area contributed by atoms with Crippen LogP contribution < -0.4 is 0 Å². The Labute approximate surface area is 196 Å². The average molecular weight is 495 g/mol. The first-order chi connectivity index (χ1) is 14.8. The van der Waals surface area contributed by atoms with Gasteiger partial charge in [-0.2, -0.15) is 4.31 Å². The van der Waals surface area contributed by atoms with E-state index < -0.39 is 10.0 Å². The van der Waals surface area contributed by atoms with Gasteiger partial charge in [0.25, 0.3) is 0 Å². The lowest BCUT2D eigenvalue weighted by Crippen LogP contribution is -2.50. The van der Waals surface area contributed by atoms with Crippen molar-refractivity contribution in [1.29, 1.82) is 0 Å². The summed E-state index contributed by atoms with van der Waals surface area (Å²) in [6.07, 6.45) is 0. The standard InChI is InChI=1S/C22H20Cl2N2O3S2/c23-18-6-8-20(24)21(14-18)30-15-22(27)25-9-11-26(12-10-25)31(28,29)19-7-5-16-3-1-2-4-17(16)13-19/h1-8,13-14H,9-12,15H2. The Hall–Kier alpha value is -1.77. The molecule has 4 rings (SSSR count). The summed E-state index contributed by atoms with van der Waals surface area (Å²) in [6.45, 7) is 1.25. The molecule has 5 nitrogen and oxygen atoms in total. The topological polar surface area (TPSA) is 57.7 Å². The average Bonchev–Trinajstić information content (AvgIpc) is 2.79. The van der Waals surface area contributed by atoms with Gasteiger partial charge in [-0.3, -0.25) is 4.79 Å². The summed E-state index contributed by atoms with van der Waals surface area (Å²) in [5.74, 6) is 0.168. The third kappa shape index (κ3) is 5.02. The number of hydrogen-bond acceptors (Lipinski definition) is 4. The van der Waals surface area contributed by atoms with Crippen molar-refractivity contribution in [1.82, 2.24) is 9.21 Å². The van der Waals surface area contributed by atoms with E-state index >= 15 is 0 Å². The van der Waals surface area contributed by atoms with E-state index in [0.717, 1.165) is 15.7 Å². The molecule has 0 atom stereocenters. The first kappa shape index (κ1) is 22.4. The third-order valence-electron chi connectivity index (χ3n) is 5.19. The highest BCUT2D eigenvalue weighted by molar-refractivity contribution is 8.00. The molecule has 0 bridgehead atoms. The zero-order chi connectivity index (χ0) is 22.0. The summed E-state index contributed by atoms with van der Waals surface area (Å²) in [5, 5.41) is 2.99. The smallest absolute Gasteiger partial charge is 0.243 e. The van der Waals surface area contributed by atoms with Gasteiger partial charge in [0.1, 0.15) is 0 Å². The summed E-state index contributed by atoms with van der Waals surface area (Å²) in [5.41, 5.74) is 0. The minimum Gasteiger partial charge on any atom is -0.339 e. The number of fused-ring (bicyclic) bond motifs is 1. The zero-order valence-electron chi connectivity index (χ0n) is 16.5. The fourth-order valence-electron chi connectivity index (χ4n) is 3.47. The summed E-state index contributed by atoms with van der Waals surface area (Å²) in [7, 11) is -3.61. The molecule has 162 valence electrons. The lowest BCUT2D eigenvalue weighted by molar-refractivity contribution is -0.129. The summed E-state index contributed by atoms with van der Waals surface area (Å²) < 4.78 is 27.6. The summed E-state index contributed by atoms with van der Waals surface area (Å²) in [6, 6.07) is 17.9. The van der Waals surface area contributed by atoms with Gasteiger partial charge in [0.15, 0.2) is 0 Å². The van der Waals surface area contributed by atoms with Crippen LogP contribution in [-0.4, -0.2) is 55.5 Å². The van der Waals surface area contributed by atoms with Crippen LogP contribution >= 0.6 is 35.0 Å². The lowest BCUT2D eigenvalue weighted by atomic mass is 10.1. The van der Waals surface area contributed by atoms with Crippen LogP contribution in [-0.2, 0) is 14.8 Å². The predicted molar refractivity (Wildman–Crippen MR) is 126 cm³/mol. The van der Waals surface area contributed by atoms with E-state index in [0.29, 0.717) is 23.1 Å². The quantitative estimate of drug-likeness (QED) is 0.479. The number of sulfonamides is 1. The molecule has 0 aliphatic carbocycles. The van der Waals surface area contributed by atoms with Crippen molar-refractivity contribution in [2.75, 3.05) is 31.9 Å². The van der Waals surface area contributed by atoms with Crippen LogP contribution in [0.2, 0.25) is 10.0 Å². The fraction of sp³-hybridized carbons (Fsp3) is 0.227. The van der Waals surface area contributed by atoms with Gasteiger partial charge in [-0.15, -0.1) is 11.8 Å². The first-order valence-electron chi connectivity index (χ1n) is 9.69. The molecule has 0 unspecified atom stereocenters. The van der Waals surface area contributed by atoms with E-state index in [1.165, 1.54) is 16.1 Å². The second kappa shape index (κ2) is 9.38. The van der Waals surface area contributed by atoms with Gasteiger partial charge in [-0.05, 0) is 41.1 Å². The molecule has 0 radical (unpaired) electrons. The molecular formula is C22H20Cl2N2O3S2. The predicted octanol–water partition coefficient (Wildman–Crippen LogP) is 4.77. The molecule has 3 aromatic carbocycles. The Morgan fingerprint density at radius 2 is 1.61 bits per heavy atom. The van der Waals surface area contributed by atoms with Crippen LogP contribution in [0.1, 0.15) is 0 Å². The van der Waals surface area contributed by atoms with Crippen LogP contribution in [0.3, 0.4) is 0 Å². The second-order valence-electron chi connectivity index (χ2n) is 7.16. The van der Waals surface area contributed by atoms with Gasteiger partial charge < -0.3 is 4.90 Å². The maximum atomic E-state index is 13.1. The van der Waals surface area contributed by atoms with Crippen LogP contribution in [0.4, 0.5) is 0 Å². The molecular weight excluding hydrogens is 475 g/mol. The summed E-state index contributed by atoms with van der Waals surface area (Å²) >= 11 is 13.5. The van der Waals surface area contributed by atoms with Gasteiger partial charge in [-0.1, -0.05) is 53.5 Å². The van der Waals surface area contributed by atoms with Crippen LogP contribution in [0.5, 0.6) is 0 Å². The number of halogens is 2. The van der Waals surface area contributed by atoms with Crippen LogP contribution in [0.25, 0.3) is 10.8 Å². The number of rotatable bonds is 5. The molecule has 0 spiro atoms. The molecule has 0 aromatic heterocycles.